The monoisotopic (exact) mass is 474 g/mol. The first-order chi connectivity index (χ1) is 17.6. The van der Waals surface area contributed by atoms with Gasteiger partial charge in [0.2, 0.25) is 11.9 Å². The Hall–Kier alpha value is -5.08. The van der Waals surface area contributed by atoms with Crippen molar-refractivity contribution in [2.24, 2.45) is 0 Å². The van der Waals surface area contributed by atoms with Crippen molar-refractivity contribution in [1.29, 1.82) is 10.5 Å². The lowest BCUT2D eigenvalue weighted by molar-refractivity contribution is -0.117. The second kappa shape index (κ2) is 9.65. The molecular formula is C28H19FN6O. The van der Waals surface area contributed by atoms with Gasteiger partial charge in [-0.1, -0.05) is 24.3 Å². The number of anilines is 3. The minimum Gasteiger partial charge on any atom is -0.324 e. The lowest BCUT2D eigenvalue weighted by Crippen LogP contribution is -2.31. The Morgan fingerprint density at radius 3 is 2.72 bits per heavy atom. The van der Waals surface area contributed by atoms with Gasteiger partial charge in [0.15, 0.2) is 0 Å². The lowest BCUT2D eigenvalue weighted by atomic mass is 10.0. The molecule has 3 aromatic carbocycles. The van der Waals surface area contributed by atoms with Crippen molar-refractivity contribution in [3.05, 3.63) is 101 Å². The van der Waals surface area contributed by atoms with Crippen molar-refractivity contribution in [2.45, 2.75) is 12.8 Å². The van der Waals surface area contributed by atoms with Crippen LogP contribution in [-0.2, 0) is 17.6 Å². The number of halogens is 1. The Morgan fingerprint density at radius 2 is 1.92 bits per heavy atom. The average molecular weight is 474 g/mol. The van der Waals surface area contributed by atoms with E-state index in [0.29, 0.717) is 52.7 Å². The maximum atomic E-state index is 14.1. The molecule has 8 heteroatoms. The second-order valence-electron chi connectivity index (χ2n) is 8.29. The van der Waals surface area contributed by atoms with E-state index in [1.165, 1.54) is 6.07 Å². The first-order valence-electron chi connectivity index (χ1n) is 11.3. The highest BCUT2D eigenvalue weighted by Crippen LogP contribution is 2.36. The fraction of sp³-hybridized carbons (Fsp3) is 0.107. The molecule has 0 aliphatic carbocycles. The Labute approximate surface area is 207 Å². The largest absolute Gasteiger partial charge is 0.324 e. The predicted octanol–water partition coefficient (Wildman–Crippen LogP) is 4.90. The number of carbonyl (C=O) groups excluding carboxylic acids is 1. The first kappa shape index (κ1) is 22.7. The molecule has 0 saturated heterocycles. The number of nitrogens with one attached hydrogen (secondary N) is 1. The summed E-state index contributed by atoms with van der Waals surface area (Å²) >= 11 is 0. The van der Waals surface area contributed by atoms with Gasteiger partial charge in [-0.2, -0.15) is 10.5 Å². The smallest absolute Gasteiger partial charge is 0.231 e. The van der Waals surface area contributed by atoms with Crippen LogP contribution in [0.25, 0.3) is 11.3 Å². The Balaban J connectivity index is 1.43. The van der Waals surface area contributed by atoms with E-state index < -0.39 is 5.82 Å². The summed E-state index contributed by atoms with van der Waals surface area (Å²) in [6.07, 6.45) is 2.12. The van der Waals surface area contributed by atoms with E-state index >= 15 is 0 Å². The molecule has 1 amide bonds. The van der Waals surface area contributed by atoms with Crippen LogP contribution in [0.1, 0.15) is 22.3 Å². The van der Waals surface area contributed by atoms with Gasteiger partial charge in [-0.05, 0) is 60.0 Å². The van der Waals surface area contributed by atoms with E-state index in [4.69, 9.17) is 5.26 Å². The standard InChI is InChI=1S/C28H19FN6O/c29-24-7-2-1-5-19(24)15-26(36)35-11-9-20-13-21(14-22(17-31)27(20)35)25-8-10-32-28(34-25)33-23-6-3-4-18(12-23)16-30/h1-8,10,12-14H,9,11,15H2,(H,32,33,34). The number of nitrogens with zero attached hydrogens (tertiary/aromatic N) is 5. The third-order valence-electron chi connectivity index (χ3n) is 5.98. The predicted molar refractivity (Wildman–Crippen MR) is 133 cm³/mol. The summed E-state index contributed by atoms with van der Waals surface area (Å²) in [7, 11) is 0. The van der Waals surface area contributed by atoms with E-state index in [1.807, 2.05) is 12.1 Å². The highest BCUT2D eigenvalue weighted by molar-refractivity contribution is 5.98. The molecule has 0 radical (unpaired) electrons. The van der Waals surface area contributed by atoms with Crippen molar-refractivity contribution in [3.63, 3.8) is 0 Å². The fourth-order valence-electron chi connectivity index (χ4n) is 4.31. The van der Waals surface area contributed by atoms with Crippen molar-refractivity contribution in [3.8, 4) is 23.4 Å². The summed E-state index contributed by atoms with van der Waals surface area (Å²) in [4.78, 5) is 23.4. The van der Waals surface area contributed by atoms with Gasteiger partial charge < -0.3 is 10.2 Å². The number of hydrogen-bond acceptors (Lipinski definition) is 6. The molecule has 0 fully saturated rings. The number of aromatic nitrogens is 2. The molecule has 5 rings (SSSR count). The van der Waals surface area contributed by atoms with Crippen LogP contribution in [0.2, 0.25) is 0 Å². The fourth-order valence-corrected chi connectivity index (χ4v) is 4.31. The van der Waals surface area contributed by atoms with Crippen LogP contribution in [0, 0.1) is 28.5 Å². The van der Waals surface area contributed by atoms with Gasteiger partial charge in [0, 0.05) is 24.0 Å². The Kier molecular flexibility index (Phi) is 6.09. The van der Waals surface area contributed by atoms with E-state index in [0.717, 1.165) is 11.1 Å². The molecule has 0 unspecified atom stereocenters. The summed E-state index contributed by atoms with van der Waals surface area (Å²) in [6.45, 7) is 0.423. The summed E-state index contributed by atoms with van der Waals surface area (Å²) in [5, 5.41) is 22.1. The topological polar surface area (TPSA) is 106 Å². The molecule has 2 heterocycles. The molecule has 1 aromatic heterocycles. The summed E-state index contributed by atoms with van der Waals surface area (Å²) in [5.41, 5.74) is 4.65. The maximum Gasteiger partial charge on any atom is 0.231 e. The van der Waals surface area contributed by atoms with Gasteiger partial charge in [0.1, 0.15) is 11.9 Å². The quantitative estimate of drug-likeness (QED) is 0.441. The van der Waals surface area contributed by atoms with Crippen molar-refractivity contribution < 1.29 is 9.18 Å². The van der Waals surface area contributed by atoms with Gasteiger partial charge in [-0.25, -0.2) is 14.4 Å². The SMILES string of the molecule is N#Cc1cccc(Nc2nccc(-c3cc(C#N)c4c(c3)CCN4C(=O)Cc3ccccc3F)n2)c1. The molecule has 0 bridgehead atoms. The lowest BCUT2D eigenvalue weighted by Gasteiger charge is -2.19. The summed E-state index contributed by atoms with van der Waals surface area (Å²) in [5.74, 6) is -0.326. The molecule has 7 nitrogen and oxygen atoms in total. The van der Waals surface area contributed by atoms with Crippen molar-refractivity contribution in [2.75, 3.05) is 16.8 Å². The van der Waals surface area contributed by atoms with E-state index in [2.05, 4.69) is 27.4 Å². The van der Waals surface area contributed by atoms with Gasteiger partial charge in [0.05, 0.1) is 35.0 Å². The van der Waals surface area contributed by atoms with Gasteiger partial charge in [-0.15, -0.1) is 0 Å². The van der Waals surface area contributed by atoms with Gasteiger partial charge in [0.25, 0.3) is 0 Å². The number of carbonyl (C=O) groups is 1. The highest BCUT2D eigenvalue weighted by atomic mass is 19.1. The minimum atomic E-state index is -0.423. The van der Waals surface area contributed by atoms with E-state index in [-0.39, 0.29) is 12.3 Å². The van der Waals surface area contributed by atoms with Crippen LogP contribution >= 0.6 is 0 Å². The van der Waals surface area contributed by atoms with E-state index in [1.54, 1.807) is 59.6 Å². The Bertz CT molecular complexity index is 1570. The van der Waals surface area contributed by atoms with Gasteiger partial charge in [-0.3, -0.25) is 4.79 Å². The zero-order chi connectivity index (χ0) is 25.1. The number of hydrogen-bond donors (Lipinski definition) is 1. The third kappa shape index (κ3) is 4.48. The molecule has 4 aromatic rings. The van der Waals surface area contributed by atoms with Gasteiger partial charge >= 0.3 is 0 Å². The molecule has 36 heavy (non-hydrogen) atoms. The van der Waals surface area contributed by atoms with Crippen LogP contribution < -0.4 is 10.2 Å². The average Bonchev–Trinajstić information content (AvgIpc) is 3.34. The first-order valence-corrected chi connectivity index (χ1v) is 11.3. The van der Waals surface area contributed by atoms with Crippen LogP contribution in [0.5, 0.6) is 0 Å². The number of fused-ring (bicyclic) bond motifs is 1. The molecule has 0 atom stereocenters. The third-order valence-corrected chi connectivity index (χ3v) is 5.98. The summed E-state index contributed by atoms with van der Waals surface area (Å²) in [6, 6.07) is 22.9. The molecule has 1 aliphatic heterocycles. The molecule has 0 saturated carbocycles. The molecule has 1 N–H and O–H groups in total. The van der Waals surface area contributed by atoms with Crippen LogP contribution in [-0.4, -0.2) is 22.4 Å². The van der Waals surface area contributed by atoms with Crippen LogP contribution in [0.15, 0.2) is 72.9 Å². The van der Waals surface area contributed by atoms with Crippen LogP contribution in [0.3, 0.4) is 0 Å². The summed E-state index contributed by atoms with van der Waals surface area (Å²) < 4.78 is 14.1. The zero-order valence-electron chi connectivity index (χ0n) is 19.1. The normalized spacial score (nSPS) is 11.9. The molecule has 174 valence electrons. The molecule has 1 aliphatic rings. The highest BCUT2D eigenvalue weighted by Gasteiger charge is 2.29. The van der Waals surface area contributed by atoms with E-state index in [9.17, 15) is 14.4 Å². The van der Waals surface area contributed by atoms with Crippen molar-refractivity contribution in [1.82, 2.24) is 9.97 Å². The Morgan fingerprint density at radius 1 is 1.06 bits per heavy atom. The second-order valence-corrected chi connectivity index (χ2v) is 8.29. The number of nitriles is 2. The zero-order valence-corrected chi connectivity index (χ0v) is 19.1. The van der Waals surface area contributed by atoms with Crippen molar-refractivity contribution >= 4 is 23.2 Å². The minimum absolute atomic E-state index is 0.0767. The van der Waals surface area contributed by atoms with Crippen LogP contribution in [0.4, 0.5) is 21.7 Å². The number of benzene rings is 3. The molecule has 0 spiro atoms. The maximum absolute atomic E-state index is 14.1. The number of amides is 1. The number of rotatable bonds is 5. The molecular weight excluding hydrogens is 455 g/mol.